The highest BCUT2D eigenvalue weighted by atomic mass is 19.1. The van der Waals surface area contributed by atoms with Crippen LogP contribution in [0.2, 0.25) is 0 Å². The first-order chi connectivity index (χ1) is 6.70. The van der Waals surface area contributed by atoms with Crippen molar-refractivity contribution in [1.82, 2.24) is 0 Å². The van der Waals surface area contributed by atoms with Crippen molar-refractivity contribution >= 4 is 6.29 Å². The average Bonchev–Trinajstić information content (AvgIpc) is 2.20. The zero-order valence-electron chi connectivity index (χ0n) is 8.04. The number of methoxy groups -OCH3 is 1. The molecule has 0 unspecified atom stereocenters. The molecule has 0 amide bonds. The second kappa shape index (κ2) is 4.72. The molecule has 1 aromatic rings. The largest absolute Gasteiger partial charge is 0.464 e. The monoisotopic (exact) mass is 198 g/mol. The number of hydrogen-bond donors (Lipinski definition) is 0. The van der Waals surface area contributed by atoms with Crippen LogP contribution in [0.15, 0.2) is 12.1 Å². The van der Waals surface area contributed by atoms with Crippen molar-refractivity contribution in [3.8, 4) is 5.75 Å². The standard InChI is InChI=1S/C10H11FO3/c1-7-3-4-8(5-12)10(9(7)11)14-6-13-2/h3-5H,6H2,1-2H3. The van der Waals surface area contributed by atoms with E-state index in [0.29, 0.717) is 11.8 Å². The van der Waals surface area contributed by atoms with Gasteiger partial charge in [-0.25, -0.2) is 4.39 Å². The number of carbonyl (C=O) groups is 1. The Hall–Kier alpha value is -1.42. The smallest absolute Gasteiger partial charge is 0.188 e. The molecule has 0 saturated heterocycles. The Bertz CT molecular complexity index is 336. The van der Waals surface area contributed by atoms with Gasteiger partial charge in [-0.2, -0.15) is 0 Å². The summed E-state index contributed by atoms with van der Waals surface area (Å²) in [7, 11) is 1.42. The number of halogens is 1. The van der Waals surface area contributed by atoms with Crippen LogP contribution in [0.1, 0.15) is 15.9 Å². The van der Waals surface area contributed by atoms with Crippen LogP contribution in [0, 0.1) is 12.7 Å². The minimum Gasteiger partial charge on any atom is -0.464 e. The highest BCUT2D eigenvalue weighted by molar-refractivity contribution is 5.79. The summed E-state index contributed by atoms with van der Waals surface area (Å²) in [6.45, 7) is 1.52. The summed E-state index contributed by atoms with van der Waals surface area (Å²) in [5.41, 5.74) is 0.617. The maximum Gasteiger partial charge on any atom is 0.188 e. The van der Waals surface area contributed by atoms with Gasteiger partial charge in [0.15, 0.2) is 24.6 Å². The number of hydrogen-bond acceptors (Lipinski definition) is 3. The highest BCUT2D eigenvalue weighted by Crippen LogP contribution is 2.24. The van der Waals surface area contributed by atoms with E-state index in [1.807, 2.05) is 0 Å². The van der Waals surface area contributed by atoms with Gasteiger partial charge < -0.3 is 9.47 Å². The summed E-state index contributed by atoms with van der Waals surface area (Å²) in [5.74, 6) is -0.575. The molecule has 76 valence electrons. The van der Waals surface area contributed by atoms with Crippen molar-refractivity contribution in [1.29, 1.82) is 0 Å². The van der Waals surface area contributed by atoms with Gasteiger partial charge in [0.1, 0.15) is 0 Å². The van der Waals surface area contributed by atoms with Crippen LogP contribution in [0.4, 0.5) is 4.39 Å². The molecule has 0 aliphatic carbocycles. The van der Waals surface area contributed by atoms with E-state index in [2.05, 4.69) is 4.74 Å². The summed E-state index contributed by atoms with van der Waals surface area (Å²) in [6.07, 6.45) is 0.549. The Balaban J connectivity index is 3.07. The molecule has 0 atom stereocenters. The maximum absolute atomic E-state index is 13.4. The summed E-state index contributed by atoms with van der Waals surface area (Å²) in [6, 6.07) is 3.04. The Morgan fingerprint density at radius 2 is 2.21 bits per heavy atom. The molecule has 1 rings (SSSR count). The van der Waals surface area contributed by atoms with Crippen molar-refractivity contribution < 1.29 is 18.7 Å². The van der Waals surface area contributed by atoms with Gasteiger partial charge >= 0.3 is 0 Å². The van der Waals surface area contributed by atoms with Crippen molar-refractivity contribution in [2.75, 3.05) is 13.9 Å². The number of carbonyl (C=O) groups excluding carboxylic acids is 1. The molecule has 0 saturated carbocycles. The molecule has 0 aliphatic rings. The zero-order valence-corrected chi connectivity index (χ0v) is 8.04. The lowest BCUT2D eigenvalue weighted by Crippen LogP contribution is -2.04. The first kappa shape index (κ1) is 10.7. The predicted octanol–water partition coefficient (Wildman–Crippen LogP) is 1.93. The Morgan fingerprint density at radius 1 is 1.50 bits per heavy atom. The number of ether oxygens (including phenoxy) is 2. The van der Waals surface area contributed by atoms with E-state index in [-0.39, 0.29) is 18.1 Å². The minimum absolute atomic E-state index is 0.0538. The summed E-state index contributed by atoms with van der Waals surface area (Å²) in [4.78, 5) is 10.6. The van der Waals surface area contributed by atoms with Crippen molar-refractivity contribution in [3.05, 3.63) is 29.1 Å². The molecule has 0 fully saturated rings. The molecule has 14 heavy (non-hydrogen) atoms. The van der Waals surface area contributed by atoms with E-state index >= 15 is 0 Å². The van der Waals surface area contributed by atoms with Crippen molar-refractivity contribution in [3.63, 3.8) is 0 Å². The third-order valence-corrected chi connectivity index (χ3v) is 1.77. The number of aldehydes is 1. The van der Waals surface area contributed by atoms with Gasteiger partial charge in [-0.15, -0.1) is 0 Å². The minimum atomic E-state index is -0.522. The SMILES string of the molecule is COCOc1c(C=O)ccc(C)c1F. The molecule has 0 radical (unpaired) electrons. The van der Waals surface area contributed by atoms with Gasteiger partial charge in [0.25, 0.3) is 0 Å². The zero-order chi connectivity index (χ0) is 10.6. The van der Waals surface area contributed by atoms with Crippen LogP contribution < -0.4 is 4.74 Å². The Morgan fingerprint density at radius 3 is 2.79 bits per heavy atom. The molecule has 0 aromatic heterocycles. The van der Waals surface area contributed by atoms with E-state index in [1.54, 1.807) is 6.92 Å². The van der Waals surface area contributed by atoms with E-state index < -0.39 is 5.82 Å². The quantitative estimate of drug-likeness (QED) is 0.547. The van der Waals surface area contributed by atoms with E-state index in [4.69, 9.17) is 4.74 Å². The lowest BCUT2D eigenvalue weighted by Gasteiger charge is -2.09. The van der Waals surface area contributed by atoms with Crippen molar-refractivity contribution in [2.45, 2.75) is 6.92 Å². The van der Waals surface area contributed by atoms with Gasteiger partial charge in [-0.3, -0.25) is 4.79 Å². The topological polar surface area (TPSA) is 35.5 Å². The molecule has 3 nitrogen and oxygen atoms in total. The fourth-order valence-electron chi connectivity index (χ4n) is 1.03. The van der Waals surface area contributed by atoms with Crippen LogP contribution in [0.25, 0.3) is 0 Å². The summed E-state index contributed by atoms with van der Waals surface area (Å²) >= 11 is 0. The summed E-state index contributed by atoms with van der Waals surface area (Å²) in [5, 5.41) is 0. The number of aryl methyl sites for hydroxylation is 1. The average molecular weight is 198 g/mol. The Kier molecular flexibility index (Phi) is 3.59. The first-order valence-corrected chi connectivity index (χ1v) is 4.06. The van der Waals surface area contributed by atoms with Crippen LogP contribution in [0.3, 0.4) is 0 Å². The molecular weight excluding hydrogens is 187 g/mol. The van der Waals surface area contributed by atoms with Crippen LogP contribution in [0.5, 0.6) is 5.75 Å². The molecule has 0 spiro atoms. The Labute approximate surface area is 81.4 Å². The molecule has 0 bridgehead atoms. The number of rotatable bonds is 4. The molecule has 0 heterocycles. The molecule has 0 N–H and O–H groups in total. The number of benzene rings is 1. The fraction of sp³-hybridized carbons (Fsp3) is 0.300. The molecular formula is C10H11FO3. The van der Waals surface area contributed by atoms with Crippen molar-refractivity contribution in [2.24, 2.45) is 0 Å². The second-order valence-electron chi connectivity index (χ2n) is 2.78. The lowest BCUT2D eigenvalue weighted by molar-refractivity contribution is 0.0476. The van der Waals surface area contributed by atoms with Crippen LogP contribution >= 0.6 is 0 Å². The second-order valence-corrected chi connectivity index (χ2v) is 2.78. The van der Waals surface area contributed by atoms with Crippen LogP contribution in [-0.2, 0) is 4.74 Å². The third-order valence-electron chi connectivity index (χ3n) is 1.77. The van der Waals surface area contributed by atoms with E-state index in [0.717, 1.165) is 0 Å². The van der Waals surface area contributed by atoms with E-state index in [9.17, 15) is 9.18 Å². The predicted molar refractivity (Wildman–Crippen MR) is 49.0 cm³/mol. The maximum atomic E-state index is 13.4. The van der Waals surface area contributed by atoms with Gasteiger partial charge in [0.05, 0.1) is 5.56 Å². The normalized spacial score (nSPS) is 9.93. The third kappa shape index (κ3) is 2.09. The van der Waals surface area contributed by atoms with Gasteiger partial charge in [-0.1, -0.05) is 6.07 Å². The highest BCUT2D eigenvalue weighted by Gasteiger charge is 2.11. The van der Waals surface area contributed by atoms with Crippen LogP contribution in [-0.4, -0.2) is 20.2 Å². The molecule has 4 heteroatoms. The van der Waals surface area contributed by atoms with Gasteiger partial charge in [0, 0.05) is 7.11 Å². The fourth-order valence-corrected chi connectivity index (χ4v) is 1.03. The lowest BCUT2D eigenvalue weighted by atomic mass is 10.1. The molecule has 1 aromatic carbocycles. The van der Waals surface area contributed by atoms with E-state index in [1.165, 1.54) is 19.2 Å². The van der Waals surface area contributed by atoms with Gasteiger partial charge in [-0.05, 0) is 18.6 Å². The molecule has 0 aliphatic heterocycles. The first-order valence-electron chi connectivity index (χ1n) is 4.06. The van der Waals surface area contributed by atoms with Gasteiger partial charge in [0.2, 0.25) is 0 Å². The summed E-state index contributed by atoms with van der Waals surface area (Å²) < 4.78 is 23.0.